The summed E-state index contributed by atoms with van der Waals surface area (Å²) in [6.45, 7) is 8.32. The Morgan fingerprint density at radius 2 is 2.20 bits per heavy atom. The van der Waals surface area contributed by atoms with Gasteiger partial charge >= 0.3 is 0 Å². The van der Waals surface area contributed by atoms with Crippen molar-refractivity contribution in [1.29, 1.82) is 0 Å². The van der Waals surface area contributed by atoms with Gasteiger partial charge in [0.25, 0.3) is 0 Å². The van der Waals surface area contributed by atoms with Crippen LogP contribution in [-0.4, -0.2) is 23.0 Å². The molecule has 1 fully saturated rings. The molecule has 0 radical (unpaired) electrons. The quantitative estimate of drug-likeness (QED) is 0.817. The largest absolute Gasteiger partial charge is 0.359 e. The molecule has 3 nitrogen and oxygen atoms in total. The van der Waals surface area contributed by atoms with E-state index in [1.165, 1.54) is 18.4 Å². The monoisotopic (exact) mass is 203 g/mol. The fraction of sp³-hybridized carbons (Fsp3) is 0.417. The second-order valence-corrected chi connectivity index (χ2v) is 3.98. The zero-order chi connectivity index (χ0) is 10.7. The predicted molar refractivity (Wildman–Crippen MR) is 62.5 cm³/mol. The zero-order valence-corrected chi connectivity index (χ0v) is 9.16. The molecular weight excluding hydrogens is 186 g/mol. The lowest BCUT2D eigenvalue weighted by atomic mass is 10.3. The second-order valence-electron chi connectivity index (χ2n) is 3.98. The van der Waals surface area contributed by atoms with Gasteiger partial charge in [-0.2, -0.15) is 0 Å². The third-order valence-electron chi connectivity index (χ3n) is 2.68. The van der Waals surface area contributed by atoms with Crippen LogP contribution >= 0.6 is 0 Å². The highest BCUT2D eigenvalue weighted by molar-refractivity contribution is 5.41. The van der Waals surface area contributed by atoms with Gasteiger partial charge in [-0.15, -0.1) is 0 Å². The molecule has 15 heavy (non-hydrogen) atoms. The summed E-state index contributed by atoms with van der Waals surface area (Å²) in [5.74, 6) is 1.84. The van der Waals surface area contributed by atoms with E-state index in [1.807, 2.05) is 18.3 Å². The molecule has 1 saturated heterocycles. The third-order valence-corrected chi connectivity index (χ3v) is 2.68. The van der Waals surface area contributed by atoms with E-state index in [-0.39, 0.29) is 0 Å². The average molecular weight is 203 g/mol. The minimum absolute atomic E-state index is 0.881. The van der Waals surface area contributed by atoms with E-state index >= 15 is 0 Å². The molecule has 0 atom stereocenters. The molecule has 1 aromatic rings. The summed E-state index contributed by atoms with van der Waals surface area (Å²) < 4.78 is 0. The summed E-state index contributed by atoms with van der Waals surface area (Å²) in [5.41, 5.74) is 1.21. The molecule has 0 amide bonds. The van der Waals surface area contributed by atoms with Gasteiger partial charge in [-0.1, -0.05) is 6.58 Å². The number of aryl methyl sites for hydroxylation is 1. The van der Waals surface area contributed by atoms with Crippen molar-refractivity contribution in [1.82, 2.24) is 9.88 Å². The molecule has 0 saturated carbocycles. The highest BCUT2D eigenvalue weighted by Gasteiger charge is 2.13. The molecule has 1 N–H and O–H groups in total. The lowest BCUT2D eigenvalue weighted by molar-refractivity contribution is 0.433. The Hall–Kier alpha value is -1.51. The lowest BCUT2D eigenvalue weighted by Crippen LogP contribution is -2.23. The Kier molecular flexibility index (Phi) is 2.90. The Labute approximate surface area is 90.8 Å². The van der Waals surface area contributed by atoms with Crippen LogP contribution in [0.1, 0.15) is 18.4 Å². The average Bonchev–Trinajstić information content (AvgIpc) is 2.70. The maximum absolute atomic E-state index is 4.25. The number of likely N-dealkylation sites (tertiary alicyclic amines) is 1. The third kappa shape index (κ3) is 2.49. The molecule has 1 aromatic heterocycles. The van der Waals surface area contributed by atoms with Crippen molar-refractivity contribution in [2.24, 2.45) is 0 Å². The first-order valence-electron chi connectivity index (χ1n) is 5.39. The molecule has 2 heterocycles. The molecular formula is C12H17N3. The number of pyridine rings is 1. The van der Waals surface area contributed by atoms with Crippen molar-refractivity contribution in [2.75, 3.05) is 18.4 Å². The maximum Gasteiger partial charge on any atom is 0.131 e. The normalized spacial score (nSPS) is 15.4. The highest BCUT2D eigenvalue weighted by Crippen LogP contribution is 2.15. The van der Waals surface area contributed by atoms with E-state index in [0.29, 0.717) is 0 Å². The number of nitrogens with one attached hydrogen (secondary N) is 1. The first kappa shape index (κ1) is 10.0. The van der Waals surface area contributed by atoms with E-state index in [1.54, 1.807) is 0 Å². The SMILES string of the molecule is C=C(Nc1cc(C)ccn1)N1CCCC1. The first-order valence-corrected chi connectivity index (χ1v) is 5.39. The van der Waals surface area contributed by atoms with Crippen LogP contribution in [0.5, 0.6) is 0 Å². The number of nitrogens with zero attached hydrogens (tertiary/aromatic N) is 2. The minimum atomic E-state index is 0.881. The van der Waals surface area contributed by atoms with Gasteiger partial charge in [0.05, 0.1) is 5.82 Å². The lowest BCUT2D eigenvalue weighted by Gasteiger charge is -2.21. The van der Waals surface area contributed by atoms with Crippen molar-refractivity contribution < 1.29 is 0 Å². The van der Waals surface area contributed by atoms with Crippen molar-refractivity contribution in [3.63, 3.8) is 0 Å². The number of rotatable bonds is 3. The van der Waals surface area contributed by atoms with Gasteiger partial charge in [0, 0.05) is 19.3 Å². The van der Waals surface area contributed by atoms with Crippen LogP contribution in [0, 0.1) is 6.92 Å². The molecule has 0 unspecified atom stereocenters. The highest BCUT2D eigenvalue weighted by atomic mass is 15.3. The molecule has 2 rings (SSSR count). The van der Waals surface area contributed by atoms with E-state index in [0.717, 1.165) is 24.7 Å². The van der Waals surface area contributed by atoms with Crippen LogP contribution in [0.15, 0.2) is 30.7 Å². The van der Waals surface area contributed by atoms with Crippen LogP contribution < -0.4 is 5.32 Å². The predicted octanol–water partition coefficient (Wildman–Crippen LogP) is 2.37. The molecule has 0 bridgehead atoms. The van der Waals surface area contributed by atoms with Crippen molar-refractivity contribution >= 4 is 5.82 Å². The Bertz CT molecular complexity index is 354. The van der Waals surface area contributed by atoms with Gasteiger partial charge in [-0.25, -0.2) is 4.98 Å². The van der Waals surface area contributed by atoms with Gasteiger partial charge in [-0.05, 0) is 37.5 Å². The molecule has 0 aromatic carbocycles. The van der Waals surface area contributed by atoms with Gasteiger partial charge in [0.2, 0.25) is 0 Å². The number of aromatic nitrogens is 1. The summed E-state index contributed by atoms with van der Waals surface area (Å²) in [4.78, 5) is 6.52. The standard InChI is InChI=1S/C12H17N3/c1-10-5-6-13-12(9-10)14-11(2)15-7-3-4-8-15/h5-6,9H,2-4,7-8H2,1H3,(H,13,14). The van der Waals surface area contributed by atoms with E-state index in [4.69, 9.17) is 0 Å². The van der Waals surface area contributed by atoms with Crippen molar-refractivity contribution in [2.45, 2.75) is 19.8 Å². The van der Waals surface area contributed by atoms with Crippen molar-refractivity contribution in [3.05, 3.63) is 36.3 Å². The van der Waals surface area contributed by atoms with Crippen LogP contribution in [0.3, 0.4) is 0 Å². The van der Waals surface area contributed by atoms with Crippen LogP contribution in [-0.2, 0) is 0 Å². The fourth-order valence-electron chi connectivity index (χ4n) is 1.82. The van der Waals surface area contributed by atoms with E-state index in [9.17, 15) is 0 Å². The number of hydrogen-bond acceptors (Lipinski definition) is 3. The summed E-state index contributed by atoms with van der Waals surface area (Å²) >= 11 is 0. The Balaban J connectivity index is 1.99. The molecule has 3 heteroatoms. The van der Waals surface area contributed by atoms with Crippen molar-refractivity contribution in [3.8, 4) is 0 Å². The number of hydrogen-bond donors (Lipinski definition) is 1. The van der Waals surface area contributed by atoms with E-state index < -0.39 is 0 Å². The molecule has 1 aliphatic rings. The van der Waals surface area contributed by atoms with Crippen LogP contribution in [0.2, 0.25) is 0 Å². The smallest absolute Gasteiger partial charge is 0.131 e. The molecule has 1 aliphatic heterocycles. The minimum Gasteiger partial charge on any atom is -0.359 e. The van der Waals surface area contributed by atoms with Crippen LogP contribution in [0.4, 0.5) is 5.82 Å². The summed E-state index contributed by atoms with van der Waals surface area (Å²) in [5, 5.41) is 3.24. The van der Waals surface area contributed by atoms with Crippen LogP contribution in [0.25, 0.3) is 0 Å². The van der Waals surface area contributed by atoms with Gasteiger partial charge < -0.3 is 10.2 Å². The van der Waals surface area contributed by atoms with Gasteiger partial charge in [0.1, 0.15) is 5.82 Å². The Morgan fingerprint density at radius 1 is 1.47 bits per heavy atom. The topological polar surface area (TPSA) is 28.2 Å². The first-order chi connectivity index (χ1) is 7.25. The van der Waals surface area contributed by atoms with Gasteiger partial charge in [0.15, 0.2) is 0 Å². The maximum atomic E-state index is 4.25. The molecule has 80 valence electrons. The zero-order valence-electron chi connectivity index (χ0n) is 9.16. The molecule has 0 aliphatic carbocycles. The molecule has 0 spiro atoms. The fourth-order valence-corrected chi connectivity index (χ4v) is 1.82. The van der Waals surface area contributed by atoms with E-state index in [2.05, 4.69) is 28.7 Å². The summed E-state index contributed by atoms with van der Waals surface area (Å²) in [7, 11) is 0. The second kappa shape index (κ2) is 4.34. The summed E-state index contributed by atoms with van der Waals surface area (Å²) in [6.07, 6.45) is 4.35. The van der Waals surface area contributed by atoms with Gasteiger partial charge in [-0.3, -0.25) is 0 Å². The summed E-state index contributed by atoms with van der Waals surface area (Å²) in [6, 6.07) is 4.02. The Morgan fingerprint density at radius 3 is 2.87 bits per heavy atom. The number of anilines is 1.